The number of likely N-dealkylation sites (N-methyl/N-ethyl adjacent to an activating group) is 1. The summed E-state index contributed by atoms with van der Waals surface area (Å²) in [6.07, 6.45) is 1.62. The molecule has 1 saturated heterocycles. The third-order valence-corrected chi connectivity index (χ3v) is 7.61. The minimum atomic E-state index is -0.728. The number of carbonyl (C=O) groups is 2. The normalized spacial score (nSPS) is 16.0. The van der Waals surface area contributed by atoms with Crippen molar-refractivity contribution in [2.24, 2.45) is 4.99 Å². The molecule has 2 aliphatic heterocycles. The Hall–Kier alpha value is -4.74. The molecular formula is C31H26ClF2N7O2. The maximum atomic E-state index is 14.8. The van der Waals surface area contributed by atoms with E-state index in [1.807, 2.05) is 0 Å². The van der Waals surface area contributed by atoms with Crippen molar-refractivity contribution in [2.45, 2.75) is 12.6 Å². The summed E-state index contributed by atoms with van der Waals surface area (Å²) in [4.78, 5) is 40.5. The molecule has 1 atom stereocenters. The molecule has 1 unspecified atom stereocenters. The van der Waals surface area contributed by atoms with E-state index in [9.17, 15) is 18.4 Å². The minimum Gasteiger partial charge on any atom is -0.358 e. The summed E-state index contributed by atoms with van der Waals surface area (Å²) in [5.74, 6) is -1.50. The van der Waals surface area contributed by atoms with E-state index in [1.165, 1.54) is 18.2 Å². The monoisotopic (exact) mass is 601 g/mol. The maximum absolute atomic E-state index is 14.8. The second-order valence-corrected chi connectivity index (χ2v) is 10.5. The predicted molar refractivity (Wildman–Crippen MR) is 160 cm³/mol. The van der Waals surface area contributed by atoms with E-state index in [0.29, 0.717) is 51.7 Å². The van der Waals surface area contributed by atoms with Gasteiger partial charge in [0.1, 0.15) is 17.7 Å². The summed E-state index contributed by atoms with van der Waals surface area (Å²) < 4.78 is 29.6. The fourth-order valence-corrected chi connectivity index (χ4v) is 5.39. The van der Waals surface area contributed by atoms with Gasteiger partial charge >= 0.3 is 0 Å². The van der Waals surface area contributed by atoms with Gasteiger partial charge in [0, 0.05) is 65.8 Å². The number of aliphatic imine (C=N–C) groups is 1. The molecule has 9 nitrogen and oxygen atoms in total. The highest BCUT2D eigenvalue weighted by Crippen LogP contribution is 2.34. The Labute approximate surface area is 251 Å². The maximum Gasteiger partial charge on any atom is 0.253 e. The lowest BCUT2D eigenvalue weighted by Gasteiger charge is -2.32. The number of rotatable bonds is 5. The van der Waals surface area contributed by atoms with Crippen LogP contribution >= 0.6 is 11.6 Å². The summed E-state index contributed by atoms with van der Waals surface area (Å²) in [7, 11) is 1.57. The van der Waals surface area contributed by atoms with Gasteiger partial charge < -0.3 is 20.9 Å². The Morgan fingerprint density at radius 1 is 1.05 bits per heavy atom. The molecule has 0 spiro atoms. The smallest absolute Gasteiger partial charge is 0.253 e. The number of hydrogen-bond acceptors (Lipinski definition) is 7. The molecule has 6 rings (SSSR count). The number of anilines is 2. The largest absolute Gasteiger partial charge is 0.358 e. The van der Waals surface area contributed by atoms with Crippen LogP contribution in [0.15, 0.2) is 71.9 Å². The van der Waals surface area contributed by atoms with E-state index < -0.39 is 17.7 Å². The number of fused-ring (bicyclic) bond motifs is 3. The molecule has 1 fully saturated rings. The molecule has 12 heteroatoms. The third kappa shape index (κ3) is 5.69. The third-order valence-electron chi connectivity index (χ3n) is 7.38. The minimum absolute atomic E-state index is 0.106. The van der Waals surface area contributed by atoms with Crippen molar-refractivity contribution in [2.75, 3.05) is 32.0 Å². The molecule has 1 aromatic heterocycles. The summed E-state index contributed by atoms with van der Waals surface area (Å²) in [5.41, 5.74) is 3.34. The first-order valence-electron chi connectivity index (χ1n) is 13.6. The van der Waals surface area contributed by atoms with Crippen molar-refractivity contribution in [1.29, 1.82) is 0 Å². The van der Waals surface area contributed by atoms with E-state index in [1.54, 1.807) is 60.6 Å². The lowest BCUT2D eigenvalue weighted by molar-refractivity contribution is -0.123. The van der Waals surface area contributed by atoms with Gasteiger partial charge in [-0.2, -0.15) is 0 Å². The molecule has 218 valence electrons. The molecule has 0 aliphatic carbocycles. The van der Waals surface area contributed by atoms with Gasteiger partial charge in [0.15, 0.2) is 0 Å². The van der Waals surface area contributed by atoms with Gasteiger partial charge in [-0.1, -0.05) is 23.7 Å². The molecule has 2 aliphatic rings. The van der Waals surface area contributed by atoms with Crippen LogP contribution in [0.4, 0.5) is 20.4 Å². The van der Waals surface area contributed by atoms with Crippen molar-refractivity contribution >= 4 is 40.8 Å². The molecule has 2 amide bonds. The van der Waals surface area contributed by atoms with Crippen molar-refractivity contribution in [3.8, 4) is 11.3 Å². The number of piperazine rings is 1. The fraction of sp³-hybridized carbons (Fsp3) is 0.194. The van der Waals surface area contributed by atoms with Gasteiger partial charge in [0.25, 0.3) is 5.91 Å². The van der Waals surface area contributed by atoms with E-state index in [-0.39, 0.29) is 42.1 Å². The van der Waals surface area contributed by atoms with E-state index in [4.69, 9.17) is 16.6 Å². The second kappa shape index (κ2) is 11.9. The molecule has 3 aromatic carbocycles. The summed E-state index contributed by atoms with van der Waals surface area (Å²) in [6, 6.07) is 15.2. The highest BCUT2D eigenvalue weighted by atomic mass is 35.5. The first-order chi connectivity index (χ1) is 20.8. The van der Waals surface area contributed by atoms with Crippen LogP contribution in [0.1, 0.15) is 27.0 Å². The zero-order valence-electron chi connectivity index (χ0n) is 23.0. The van der Waals surface area contributed by atoms with E-state index in [2.05, 4.69) is 25.9 Å². The summed E-state index contributed by atoms with van der Waals surface area (Å²) >= 11 is 6.30. The Kier molecular flexibility index (Phi) is 7.83. The van der Waals surface area contributed by atoms with Crippen molar-refractivity contribution in [1.82, 2.24) is 25.5 Å². The number of hydrogen-bond donors (Lipinski definition) is 3. The molecule has 3 heterocycles. The summed E-state index contributed by atoms with van der Waals surface area (Å²) in [5, 5.41) is 9.27. The Morgan fingerprint density at radius 2 is 1.81 bits per heavy atom. The molecule has 3 N–H and O–H groups in total. The van der Waals surface area contributed by atoms with Crippen LogP contribution in [0.5, 0.6) is 0 Å². The van der Waals surface area contributed by atoms with Crippen LogP contribution < -0.4 is 16.0 Å². The van der Waals surface area contributed by atoms with E-state index >= 15 is 0 Å². The lowest BCUT2D eigenvalue weighted by Crippen LogP contribution is -2.57. The molecule has 4 aromatic rings. The van der Waals surface area contributed by atoms with Gasteiger partial charge in [-0.25, -0.2) is 18.7 Å². The van der Waals surface area contributed by atoms with Gasteiger partial charge in [0.05, 0.1) is 23.5 Å². The average Bonchev–Trinajstić information content (AvgIpc) is 3.17. The van der Waals surface area contributed by atoms with Crippen LogP contribution in [0.2, 0.25) is 5.02 Å². The fourth-order valence-electron chi connectivity index (χ4n) is 5.21. The van der Waals surface area contributed by atoms with Gasteiger partial charge in [0.2, 0.25) is 11.9 Å². The molecule has 43 heavy (non-hydrogen) atoms. The molecular weight excluding hydrogens is 576 g/mol. The number of halogens is 3. The van der Waals surface area contributed by atoms with Gasteiger partial charge in [-0.15, -0.1) is 0 Å². The topological polar surface area (TPSA) is 112 Å². The van der Waals surface area contributed by atoms with Crippen LogP contribution in [-0.4, -0.2) is 65.1 Å². The molecule has 0 bridgehead atoms. The highest BCUT2D eigenvalue weighted by molar-refractivity contribution is 6.31. The first kappa shape index (κ1) is 28.4. The Balaban J connectivity index is 1.25. The number of nitrogens with one attached hydrogen (secondary N) is 3. The average molecular weight is 602 g/mol. The van der Waals surface area contributed by atoms with Crippen molar-refractivity contribution < 1.29 is 18.4 Å². The quantitative estimate of drug-likeness (QED) is 0.314. The number of carbonyl (C=O) groups excluding carboxylic acids is 2. The molecule has 0 saturated carbocycles. The SMILES string of the molecule is CNC(=O)C1CN(C(=O)c2ccc(Nc3ncc4c(n3)-c3ccc(Cl)cc3C(c3c(F)cccc3F)=NC4)cc2)CCN1. The van der Waals surface area contributed by atoms with Crippen LogP contribution in [0.3, 0.4) is 0 Å². The van der Waals surface area contributed by atoms with Crippen LogP contribution in [0.25, 0.3) is 11.3 Å². The van der Waals surface area contributed by atoms with E-state index in [0.717, 1.165) is 0 Å². The van der Waals surface area contributed by atoms with Gasteiger partial charge in [-0.3, -0.25) is 14.6 Å². The highest BCUT2D eigenvalue weighted by Gasteiger charge is 2.28. The predicted octanol–water partition coefficient (Wildman–Crippen LogP) is 4.33. The number of benzene rings is 3. The first-order valence-corrected chi connectivity index (χ1v) is 14.0. The molecule has 0 radical (unpaired) electrons. The summed E-state index contributed by atoms with van der Waals surface area (Å²) in [6.45, 7) is 1.41. The number of amides is 2. The Morgan fingerprint density at radius 3 is 2.56 bits per heavy atom. The van der Waals surface area contributed by atoms with Gasteiger partial charge in [-0.05, 0) is 48.5 Å². The van der Waals surface area contributed by atoms with Crippen LogP contribution in [0, 0.1) is 11.6 Å². The standard InChI is InChI=1S/C31H26ClF2N7O2/c1-35-29(42)25-16-41(12-11-36-25)30(43)17-5-8-20(9-6-17)39-31-38-15-18-14-37-28(26-23(33)3-2-4-24(26)34)22-13-19(32)7-10-21(22)27(18)40-31/h2-10,13,15,25,36H,11-12,14,16H2,1H3,(H,35,42)(H,38,39,40). The van der Waals surface area contributed by atoms with Crippen LogP contribution in [-0.2, 0) is 11.3 Å². The zero-order valence-corrected chi connectivity index (χ0v) is 23.8. The van der Waals surface area contributed by atoms with Crippen molar-refractivity contribution in [3.63, 3.8) is 0 Å². The van der Waals surface area contributed by atoms with Crippen molar-refractivity contribution in [3.05, 3.63) is 106 Å². The Bertz CT molecular complexity index is 1740. The lowest BCUT2D eigenvalue weighted by atomic mass is 9.95. The zero-order chi connectivity index (χ0) is 30.1. The number of aromatic nitrogens is 2. The second-order valence-electron chi connectivity index (χ2n) is 10.1. The number of nitrogens with zero attached hydrogens (tertiary/aromatic N) is 4.